The topological polar surface area (TPSA) is 101 Å². The van der Waals surface area contributed by atoms with Gasteiger partial charge in [0.1, 0.15) is 24.1 Å². The standard InChI is InChI=1S/C28H33F3N6O3/c1-26(2)12-22(13-27(3,4)36(26)5)40-21-10-11-23(32-15-21)25(39)35-20-8-6-19(7-9-20)34-24(38)17-37-16-18(14-33-37)28(29,30)31/h6-11,14-16,22H,12-13,17H2,1-5H3,(H,34,38)(H,35,39). The summed E-state index contributed by atoms with van der Waals surface area (Å²) in [6.45, 7) is 8.43. The summed E-state index contributed by atoms with van der Waals surface area (Å²) in [6.07, 6.45) is 0.212. The molecule has 2 amide bonds. The largest absolute Gasteiger partial charge is 0.489 e. The van der Waals surface area contributed by atoms with Gasteiger partial charge in [0.25, 0.3) is 5.91 Å². The number of halogens is 3. The number of amides is 2. The summed E-state index contributed by atoms with van der Waals surface area (Å²) < 4.78 is 45.2. The number of piperidine rings is 1. The zero-order valence-electron chi connectivity index (χ0n) is 23.0. The van der Waals surface area contributed by atoms with Gasteiger partial charge in [0.05, 0.1) is 18.0 Å². The van der Waals surface area contributed by atoms with Crippen molar-refractivity contribution in [1.82, 2.24) is 19.7 Å². The van der Waals surface area contributed by atoms with E-state index < -0.39 is 23.6 Å². The molecule has 3 aromatic rings. The van der Waals surface area contributed by atoms with Crippen molar-refractivity contribution < 1.29 is 27.5 Å². The average Bonchev–Trinajstić information content (AvgIpc) is 3.33. The van der Waals surface area contributed by atoms with Crippen molar-refractivity contribution in [2.75, 3.05) is 17.7 Å². The molecular weight excluding hydrogens is 525 g/mol. The number of benzene rings is 1. The Bertz CT molecular complexity index is 1330. The highest BCUT2D eigenvalue weighted by Crippen LogP contribution is 2.38. The second kappa shape index (κ2) is 10.9. The van der Waals surface area contributed by atoms with Gasteiger partial charge in [-0.2, -0.15) is 18.3 Å². The molecule has 0 spiro atoms. The first kappa shape index (κ1) is 29.1. The molecule has 3 heterocycles. The Kier molecular flexibility index (Phi) is 7.93. The van der Waals surface area contributed by atoms with Crippen molar-refractivity contribution in [2.24, 2.45) is 0 Å². The van der Waals surface area contributed by atoms with Gasteiger partial charge in [0.15, 0.2) is 0 Å². The number of rotatable bonds is 7. The van der Waals surface area contributed by atoms with Gasteiger partial charge in [-0.25, -0.2) is 4.98 Å². The minimum atomic E-state index is -4.53. The zero-order valence-corrected chi connectivity index (χ0v) is 23.0. The second-order valence-electron chi connectivity index (χ2n) is 11.2. The van der Waals surface area contributed by atoms with E-state index in [1.807, 2.05) is 0 Å². The molecule has 214 valence electrons. The van der Waals surface area contributed by atoms with Crippen molar-refractivity contribution in [1.29, 1.82) is 0 Å². The van der Waals surface area contributed by atoms with Gasteiger partial charge in [0, 0.05) is 41.5 Å². The highest BCUT2D eigenvalue weighted by Gasteiger charge is 2.44. The smallest absolute Gasteiger partial charge is 0.419 e. The number of pyridine rings is 1. The summed E-state index contributed by atoms with van der Waals surface area (Å²) in [5.74, 6) is -0.362. The van der Waals surface area contributed by atoms with E-state index in [1.165, 1.54) is 0 Å². The number of alkyl halides is 3. The molecule has 1 aliphatic rings. The molecule has 4 rings (SSSR count). The van der Waals surface area contributed by atoms with Crippen LogP contribution in [0.4, 0.5) is 24.5 Å². The van der Waals surface area contributed by atoms with E-state index in [2.05, 4.69) is 60.4 Å². The molecule has 0 radical (unpaired) electrons. The first-order valence-corrected chi connectivity index (χ1v) is 12.8. The average molecular weight is 559 g/mol. The van der Waals surface area contributed by atoms with E-state index in [0.717, 1.165) is 23.7 Å². The van der Waals surface area contributed by atoms with Gasteiger partial charge in [-0.1, -0.05) is 0 Å². The number of likely N-dealkylation sites (tertiary alicyclic amines) is 1. The maximum Gasteiger partial charge on any atom is 0.419 e. The molecule has 12 heteroatoms. The highest BCUT2D eigenvalue weighted by atomic mass is 19.4. The molecule has 2 N–H and O–H groups in total. The Balaban J connectivity index is 1.29. The lowest BCUT2D eigenvalue weighted by Gasteiger charge is -2.53. The van der Waals surface area contributed by atoms with Crippen molar-refractivity contribution >= 4 is 23.2 Å². The van der Waals surface area contributed by atoms with E-state index in [0.29, 0.717) is 23.3 Å². The number of nitrogens with zero attached hydrogens (tertiary/aromatic N) is 4. The Hall–Kier alpha value is -3.93. The predicted octanol–water partition coefficient (Wildman–Crippen LogP) is 5.22. The molecule has 40 heavy (non-hydrogen) atoms. The van der Waals surface area contributed by atoms with Crippen LogP contribution >= 0.6 is 0 Å². The molecule has 0 saturated carbocycles. The minimum Gasteiger partial charge on any atom is -0.489 e. The quantitative estimate of drug-likeness (QED) is 0.413. The van der Waals surface area contributed by atoms with Gasteiger partial charge < -0.3 is 15.4 Å². The van der Waals surface area contributed by atoms with Crippen molar-refractivity contribution in [3.8, 4) is 5.75 Å². The van der Waals surface area contributed by atoms with Crippen LogP contribution in [-0.2, 0) is 17.5 Å². The molecule has 0 unspecified atom stereocenters. The molecule has 1 aromatic carbocycles. The number of hydrogen-bond acceptors (Lipinski definition) is 6. The van der Waals surface area contributed by atoms with Crippen LogP contribution in [0.3, 0.4) is 0 Å². The fraction of sp³-hybridized carbons (Fsp3) is 0.429. The molecule has 0 bridgehead atoms. The Morgan fingerprint density at radius 1 is 0.975 bits per heavy atom. The lowest BCUT2D eigenvalue weighted by atomic mass is 9.79. The van der Waals surface area contributed by atoms with Crippen LogP contribution in [0.2, 0.25) is 0 Å². The van der Waals surface area contributed by atoms with Crippen molar-refractivity contribution in [3.63, 3.8) is 0 Å². The SMILES string of the molecule is CN1C(C)(C)CC(Oc2ccc(C(=O)Nc3ccc(NC(=O)Cn4cc(C(F)(F)F)cn4)cc3)nc2)CC1(C)C. The van der Waals surface area contributed by atoms with Gasteiger partial charge in [-0.05, 0) is 71.1 Å². The first-order valence-electron chi connectivity index (χ1n) is 12.8. The first-order chi connectivity index (χ1) is 18.6. The monoisotopic (exact) mass is 558 g/mol. The zero-order chi connectivity index (χ0) is 29.3. The maximum absolute atomic E-state index is 12.7. The van der Waals surface area contributed by atoms with Crippen LogP contribution in [0.15, 0.2) is 55.0 Å². The molecule has 1 aliphatic heterocycles. The third kappa shape index (κ3) is 6.98. The maximum atomic E-state index is 12.7. The van der Waals surface area contributed by atoms with Gasteiger partial charge in [-0.3, -0.25) is 19.2 Å². The third-order valence-corrected chi connectivity index (χ3v) is 7.23. The third-order valence-electron chi connectivity index (χ3n) is 7.23. The number of carbonyl (C=O) groups is 2. The lowest BCUT2D eigenvalue weighted by molar-refractivity contribution is -0.137. The summed E-state index contributed by atoms with van der Waals surface area (Å²) in [5, 5.41) is 8.88. The second-order valence-corrected chi connectivity index (χ2v) is 11.2. The van der Waals surface area contributed by atoms with Gasteiger partial charge in [0.2, 0.25) is 5.91 Å². The van der Waals surface area contributed by atoms with Crippen molar-refractivity contribution in [2.45, 2.75) is 70.4 Å². The summed E-state index contributed by atoms with van der Waals surface area (Å²) in [6, 6.07) is 9.63. The number of anilines is 2. The molecule has 0 atom stereocenters. The molecule has 9 nitrogen and oxygen atoms in total. The molecule has 1 fully saturated rings. The van der Waals surface area contributed by atoms with E-state index >= 15 is 0 Å². The molecule has 0 aliphatic carbocycles. The summed E-state index contributed by atoms with van der Waals surface area (Å²) in [7, 11) is 2.14. The van der Waals surface area contributed by atoms with E-state index in [1.54, 1.807) is 42.6 Å². The molecular formula is C28H33F3N6O3. The molecule has 2 aromatic heterocycles. The summed E-state index contributed by atoms with van der Waals surface area (Å²) >= 11 is 0. The van der Waals surface area contributed by atoms with Crippen LogP contribution in [0.5, 0.6) is 5.75 Å². The summed E-state index contributed by atoms with van der Waals surface area (Å²) in [4.78, 5) is 31.5. The van der Waals surface area contributed by atoms with Gasteiger partial charge in [-0.15, -0.1) is 0 Å². The van der Waals surface area contributed by atoms with Crippen LogP contribution in [-0.4, -0.2) is 55.7 Å². The fourth-order valence-electron chi connectivity index (χ4n) is 4.92. The Morgan fingerprint density at radius 2 is 1.57 bits per heavy atom. The predicted molar refractivity (Wildman–Crippen MR) is 144 cm³/mol. The number of hydrogen-bond donors (Lipinski definition) is 2. The van der Waals surface area contributed by atoms with Crippen LogP contribution in [0.1, 0.15) is 56.6 Å². The van der Waals surface area contributed by atoms with Crippen molar-refractivity contribution in [3.05, 3.63) is 66.2 Å². The van der Waals surface area contributed by atoms with Crippen LogP contribution < -0.4 is 15.4 Å². The lowest BCUT2D eigenvalue weighted by Crippen LogP contribution is -2.60. The van der Waals surface area contributed by atoms with Crippen LogP contribution in [0.25, 0.3) is 0 Å². The summed E-state index contributed by atoms with van der Waals surface area (Å²) in [5.41, 5.74) is 0.138. The van der Waals surface area contributed by atoms with E-state index in [9.17, 15) is 22.8 Å². The number of ether oxygens (including phenoxy) is 1. The molecule has 1 saturated heterocycles. The number of nitrogens with one attached hydrogen (secondary N) is 2. The van der Waals surface area contributed by atoms with E-state index in [4.69, 9.17) is 4.74 Å². The highest BCUT2D eigenvalue weighted by molar-refractivity contribution is 6.03. The number of aromatic nitrogens is 3. The fourth-order valence-corrected chi connectivity index (χ4v) is 4.92. The van der Waals surface area contributed by atoms with Crippen LogP contribution in [0, 0.1) is 0 Å². The Labute approximate surface area is 230 Å². The Morgan fingerprint density at radius 3 is 2.10 bits per heavy atom. The normalized spacial score (nSPS) is 17.3. The van der Waals surface area contributed by atoms with E-state index in [-0.39, 0.29) is 29.4 Å². The van der Waals surface area contributed by atoms with Gasteiger partial charge >= 0.3 is 6.18 Å². The number of carbonyl (C=O) groups excluding carboxylic acids is 2. The minimum absolute atomic E-state index is 0.0154.